The van der Waals surface area contributed by atoms with Crippen LogP contribution in [0.3, 0.4) is 0 Å². The zero-order valence-electron chi connectivity index (χ0n) is 13.4. The molecule has 0 bridgehead atoms. The van der Waals surface area contributed by atoms with E-state index in [1.165, 1.54) is 5.39 Å². The molecule has 0 spiro atoms. The maximum Gasteiger partial charge on any atom is 0.328 e. The van der Waals surface area contributed by atoms with Gasteiger partial charge >= 0.3 is 6.03 Å². The first kappa shape index (κ1) is 14.6. The summed E-state index contributed by atoms with van der Waals surface area (Å²) in [7, 11) is 0. The Morgan fingerprint density at radius 2 is 1.91 bits per heavy atom. The molecule has 0 radical (unpaired) electrons. The Kier molecular flexibility index (Phi) is 3.24. The second kappa shape index (κ2) is 4.87. The van der Waals surface area contributed by atoms with Crippen molar-refractivity contribution < 1.29 is 9.59 Å². The highest BCUT2D eigenvalue weighted by atomic mass is 16.2. The molecule has 1 aliphatic heterocycles. The van der Waals surface area contributed by atoms with Crippen molar-refractivity contribution >= 4 is 28.5 Å². The summed E-state index contributed by atoms with van der Waals surface area (Å²) in [5.41, 5.74) is 3.03. The third kappa shape index (κ3) is 2.36. The van der Waals surface area contributed by atoms with Crippen LogP contribution in [0.2, 0.25) is 0 Å². The third-order valence-electron chi connectivity index (χ3n) is 4.09. The highest BCUT2D eigenvalue weighted by molar-refractivity contribution is 6.06. The van der Waals surface area contributed by atoms with Crippen LogP contribution in [0, 0.1) is 6.92 Å². The number of urea groups is 1. The molecular formula is C17H21N3O2. The van der Waals surface area contributed by atoms with Crippen molar-refractivity contribution in [1.29, 1.82) is 0 Å². The van der Waals surface area contributed by atoms with Gasteiger partial charge in [0.05, 0.1) is 5.52 Å². The minimum atomic E-state index is -0.344. The topological polar surface area (TPSA) is 54.3 Å². The molecule has 0 atom stereocenters. The van der Waals surface area contributed by atoms with E-state index in [1.807, 2.05) is 19.1 Å². The molecular weight excluding hydrogens is 278 g/mol. The van der Waals surface area contributed by atoms with Crippen LogP contribution in [0.5, 0.6) is 0 Å². The number of carbonyl (C=O) groups excluding carboxylic acids is 2. The molecule has 0 aliphatic carbocycles. The standard InChI is InChI=1S/C17H21N3O2/c1-11-9-12(19-7-6-15(21)18-16(19)22)10-14-13(11)5-8-20(14)17(2,3)4/h5,8-10H,6-7H2,1-4H3,(H,18,21,22). The number of amides is 3. The lowest BCUT2D eigenvalue weighted by Crippen LogP contribution is -2.49. The van der Waals surface area contributed by atoms with Crippen molar-refractivity contribution in [3.63, 3.8) is 0 Å². The number of nitrogens with one attached hydrogen (secondary N) is 1. The molecule has 3 amide bonds. The van der Waals surface area contributed by atoms with Gasteiger partial charge in [-0.1, -0.05) is 0 Å². The zero-order valence-corrected chi connectivity index (χ0v) is 13.4. The molecule has 5 heteroatoms. The molecule has 1 aliphatic rings. The van der Waals surface area contributed by atoms with Crippen molar-refractivity contribution in [2.45, 2.75) is 39.7 Å². The van der Waals surface area contributed by atoms with Crippen LogP contribution in [0.15, 0.2) is 24.4 Å². The van der Waals surface area contributed by atoms with Crippen molar-refractivity contribution in [3.05, 3.63) is 30.0 Å². The summed E-state index contributed by atoms with van der Waals surface area (Å²) < 4.78 is 2.21. The molecule has 2 heterocycles. The fraction of sp³-hybridized carbons (Fsp3) is 0.412. The first-order valence-corrected chi connectivity index (χ1v) is 7.51. The summed E-state index contributed by atoms with van der Waals surface area (Å²) in [5.74, 6) is -0.211. The number of imide groups is 1. The summed E-state index contributed by atoms with van der Waals surface area (Å²) in [6, 6.07) is 5.80. The van der Waals surface area contributed by atoms with Gasteiger partial charge in [-0.25, -0.2) is 4.79 Å². The van der Waals surface area contributed by atoms with E-state index < -0.39 is 0 Å². The number of aromatic nitrogens is 1. The minimum absolute atomic E-state index is 0.0348. The van der Waals surface area contributed by atoms with Gasteiger partial charge in [-0.2, -0.15) is 0 Å². The molecule has 0 unspecified atom stereocenters. The fourth-order valence-electron chi connectivity index (χ4n) is 2.96. The molecule has 3 rings (SSSR count). The number of aryl methyl sites for hydroxylation is 1. The van der Waals surface area contributed by atoms with Gasteiger partial charge in [-0.3, -0.25) is 15.0 Å². The zero-order chi connectivity index (χ0) is 16.1. The first-order valence-electron chi connectivity index (χ1n) is 7.51. The van der Waals surface area contributed by atoms with Gasteiger partial charge in [0.25, 0.3) is 0 Å². The van der Waals surface area contributed by atoms with Crippen LogP contribution in [0.1, 0.15) is 32.8 Å². The summed E-state index contributed by atoms with van der Waals surface area (Å²) >= 11 is 0. The Morgan fingerprint density at radius 3 is 2.55 bits per heavy atom. The van der Waals surface area contributed by atoms with Gasteiger partial charge in [0.1, 0.15) is 0 Å². The number of rotatable bonds is 1. The molecule has 2 aromatic rings. The van der Waals surface area contributed by atoms with Crippen LogP contribution < -0.4 is 10.2 Å². The maximum absolute atomic E-state index is 12.1. The Hall–Kier alpha value is -2.30. The second-order valence-corrected chi connectivity index (χ2v) is 6.81. The van der Waals surface area contributed by atoms with E-state index in [1.54, 1.807) is 4.90 Å². The van der Waals surface area contributed by atoms with Crippen molar-refractivity contribution in [2.75, 3.05) is 11.4 Å². The largest absolute Gasteiger partial charge is 0.342 e. The molecule has 5 nitrogen and oxygen atoms in total. The fourth-order valence-corrected chi connectivity index (χ4v) is 2.96. The molecule has 1 saturated heterocycles. The lowest BCUT2D eigenvalue weighted by molar-refractivity contribution is -0.120. The second-order valence-electron chi connectivity index (χ2n) is 6.81. The van der Waals surface area contributed by atoms with E-state index in [0.717, 1.165) is 16.8 Å². The van der Waals surface area contributed by atoms with Crippen LogP contribution in [0.25, 0.3) is 10.9 Å². The van der Waals surface area contributed by atoms with Gasteiger partial charge in [-0.05, 0) is 51.5 Å². The lowest BCUT2D eigenvalue weighted by atomic mass is 10.1. The number of benzene rings is 1. The summed E-state index contributed by atoms with van der Waals surface area (Å²) in [6.07, 6.45) is 2.42. The highest BCUT2D eigenvalue weighted by Gasteiger charge is 2.25. The highest BCUT2D eigenvalue weighted by Crippen LogP contribution is 2.31. The third-order valence-corrected chi connectivity index (χ3v) is 4.09. The number of fused-ring (bicyclic) bond motifs is 1. The van der Waals surface area contributed by atoms with E-state index in [-0.39, 0.29) is 17.5 Å². The Bertz CT molecular complexity index is 768. The van der Waals surface area contributed by atoms with E-state index in [9.17, 15) is 9.59 Å². The Morgan fingerprint density at radius 1 is 1.18 bits per heavy atom. The maximum atomic E-state index is 12.1. The molecule has 0 saturated carbocycles. The van der Waals surface area contributed by atoms with Gasteiger partial charge < -0.3 is 4.57 Å². The van der Waals surface area contributed by atoms with Crippen LogP contribution in [-0.2, 0) is 10.3 Å². The average molecular weight is 299 g/mol. The average Bonchev–Trinajstić information content (AvgIpc) is 2.82. The number of carbonyl (C=O) groups is 2. The molecule has 1 fully saturated rings. The van der Waals surface area contributed by atoms with Gasteiger partial charge in [0.2, 0.25) is 5.91 Å². The predicted molar refractivity (Wildman–Crippen MR) is 87.2 cm³/mol. The van der Waals surface area contributed by atoms with Crippen molar-refractivity contribution in [2.24, 2.45) is 0 Å². The van der Waals surface area contributed by atoms with Crippen LogP contribution in [0.4, 0.5) is 10.5 Å². The molecule has 1 aromatic carbocycles. The van der Waals surface area contributed by atoms with Gasteiger partial charge in [0, 0.05) is 35.8 Å². The molecule has 1 aromatic heterocycles. The van der Waals surface area contributed by atoms with E-state index in [2.05, 4.69) is 42.9 Å². The minimum Gasteiger partial charge on any atom is -0.342 e. The predicted octanol–water partition coefficient (Wildman–Crippen LogP) is 3.15. The SMILES string of the molecule is Cc1cc(N2CCC(=O)NC2=O)cc2c1ccn2C(C)(C)C. The quantitative estimate of drug-likeness (QED) is 0.879. The van der Waals surface area contributed by atoms with Gasteiger partial charge in [0.15, 0.2) is 0 Å². The lowest BCUT2D eigenvalue weighted by Gasteiger charge is -2.28. The van der Waals surface area contributed by atoms with E-state index in [4.69, 9.17) is 0 Å². The number of hydrogen-bond donors (Lipinski definition) is 1. The number of hydrogen-bond acceptors (Lipinski definition) is 2. The monoisotopic (exact) mass is 299 g/mol. The number of anilines is 1. The Labute approximate surface area is 129 Å². The summed E-state index contributed by atoms with van der Waals surface area (Å²) in [4.78, 5) is 25.0. The van der Waals surface area contributed by atoms with Crippen LogP contribution >= 0.6 is 0 Å². The van der Waals surface area contributed by atoms with Gasteiger partial charge in [-0.15, -0.1) is 0 Å². The molecule has 116 valence electrons. The van der Waals surface area contributed by atoms with E-state index >= 15 is 0 Å². The Balaban J connectivity index is 2.12. The first-order chi connectivity index (χ1) is 10.3. The summed E-state index contributed by atoms with van der Waals surface area (Å²) in [6.45, 7) is 8.93. The molecule has 22 heavy (non-hydrogen) atoms. The molecule has 1 N–H and O–H groups in total. The van der Waals surface area contributed by atoms with E-state index in [0.29, 0.717) is 13.0 Å². The number of nitrogens with zero attached hydrogens (tertiary/aromatic N) is 2. The normalized spacial score (nSPS) is 16.3. The van der Waals surface area contributed by atoms with Crippen molar-refractivity contribution in [1.82, 2.24) is 9.88 Å². The van der Waals surface area contributed by atoms with Crippen LogP contribution in [-0.4, -0.2) is 23.1 Å². The van der Waals surface area contributed by atoms with Crippen molar-refractivity contribution in [3.8, 4) is 0 Å². The smallest absolute Gasteiger partial charge is 0.328 e. The summed E-state index contributed by atoms with van der Waals surface area (Å²) in [5, 5.41) is 3.56.